The van der Waals surface area contributed by atoms with E-state index in [9.17, 15) is 5.11 Å². The van der Waals surface area contributed by atoms with Crippen molar-refractivity contribution < 1.29 is 9.52 Å². The molecule has 1 fully saturated rings. The topological polar surface area (TPSA) is 96.1 Å². The normalized spacial score (nSPS) is 18.8. The van der Waals surface area contributed by atoms with Gasteiger partial charge in [-0.3, -0.25) is 4.98 Å². The zero-order valence-electron chi connectivity index (χ0n) is 17.6. The van der Waals surface area contributed by atoms with E-state index in [1.807, 2.05) is 13.0 Å². The van der Waals surface area contributed by atoms with Crippen LogP contribution in [0.15, 0.2) is 16.5 Å². The lowest BCUT2D eigenvalue weighted by molar-refractivity contribution is 0.229. The highest BCUT2D eigenvalue weighted by Gasteiger charge is 2.27. The van der Waals surface area contributed by atoms with Gasteiger partial charge in [-0.1, -0.05) is 24.9 Å². The first-order chi connectivity index (χ1) is 14.5. The number of nitrogens with zero attached hydrogens (tertiary/aromatic N) is 3. The first kappa shape index (κ1) is 20.9. The van der Waals surface area contributed by atoms with Gasteiger partial charge in [-0.15, -0.1) is 0 Å². The number of furan rings is 1. The van der Waals surface area contributed by atoms with E-state index >= 15 is 0 Å². The van der Waals surface area contributed by atoms with Gasteiger partial charge in [0.05, 0.1) is 11.3 Å². The SMILES string of the molecule is CCCc1cc2cc(-c3c(Cl)nc(NC)nc3N[C@H]3CC[C@@H](CO)C3)oc2c(C)n1. The van der Waals surface area contributed by atoms with Gasteiger partial charge in [-0.25, -0.2) is 4.98 Å². The van der Waals surface area contributed by atoms with Gasteiger partial charge in [0, 0.05) is 30.8 Å². The van der Waals surface area contributed by atoms with Crippen LogP contribution in [0.5, 0.6) is 0 Å². The highest BCUT2D eigenvalue weighted by Crippen LogP contribution is 2.39. The highest BCUT2D eigenvalue weighted by atomic mass is 35.5. The summed E-state index contributed by atoms with van der Waals surface area (Å²) < 4.78 is 6.19. The van der Waals surface area contributed by atoms with Gasteiger partial charge in [-0.2, -0.15) is 4.98 Å². The maximum Gasteiger partial charge on any atom is 0.225 e. The van der Waals surface area contributed by atoms with Crippen molar-refractivity contribution in [3.05, 3.63) is 28.7 Å². The zero-order chi connectivity index (χ0) is 21.3. The van der Waals surface area contributed by atoms with Gasteiger partial charge in [0.15, 0.2) is 5.58 Å². The summed E-state index contributed by atoms with van der Waals surface area (Å²) in [5, 5.41) is 17.3. The summed E-state index contributed by atoms with van der Waals surface area (Å²) in [7, 11) is 1.76. The Bertz CT molecular complexity index is 1050. The molecular formula is C22H28ClN5O2. The van der Waals surface area contributed by atoms with Gasteiger partial charge >= 0.3 is 0 Å². The summed E-state index contributed by atoms with van der Waals surface area (Å²) in [5.41, 5.74) is 3.32. The molecule has 7 nitrogen and oxygen atoms in total. The third kappa shape index (κ3) is 4.09. The number of aryl methyl sites for hydroxylation is 2. The van der Waals surface area contributed by atoms with Crippen LogP contribution < -0.4 is 10.6 Å². The number of nitrogens with one attached hydrogen (secondary N) is 2. The van der Waals surface area contributed by atoms with Crippen molar-refractivity contribution in [2.24, 2.45) is 5.92 Å². The number of aliphatic hydroxyl groups is 1. The minimum absolute atomic E-state index is 0.216. The molecule has 0 bridgehead atoms. The van der Waals surface area contributed by atoms with Crippen LogP contribution in [0.3, 0.4) is 0 Å². The number of rotatable bonds is 7. The first-order valence-electron chi connectivity index (χ1n) is 10.6. The van der Waals surface area contributed by atoms with E-state index in [4.69, 9.17) is 16.0 Å². The Labute approximate surface area is 181 Å². The van der Waals surface area contributed by atoms with Gasteiger partial charge in [0.2, 0.25) is 5.95 Å². The number of hydrogen-bond acceptors (Lipinski definition) is 7. The number of pyridine rings is 1. The number of aliphatic hydroxyl groups excluding tert-OH is 1. The molecule has 8 heteroatoms. The summed E-state index contributed by atoms with van der Waals surface area (Å²) in [5.74, 6) is 2.03. The Balaban J connectivity index is 1.76. The average molecular weight is 430 g/mol. The molecule has 4 rings (SSSR count). The van der Waals surface area contributed by atoms with Crippen molar-refractivity contribution in [1.29, 1.82) is 0 Å². The minimum Gasteiger partial charge on any atom is -0.454 e. The molecule has 1 saturated carbocycles. The van der Waals surface area contributed by atoms with Crippen LogP contribution >= 0.6 is 11.6 Å². The van der Waals surface area contributed by atoms with Crippen LogP contribution in [-0.2, 0) is 6.42 Å². The molecule has 3 heterocycles. The van der Waals surface area contributed by atoms with Gasteiger partial charge < -0.3 is 20.2 Å². The summed E-state index contributed by atoms with van der Waals surface area (Å²) in [6.45, 7) is 4.32. The van der Waals surface area contributed by atoms with Crippen molar-refractivity contribution in [3.63, 3.8) is 0 Å². The minimum atomic E-state index is 0.216. The molecule has 1 aliphatic rings. The molecule has 0 spiro atoms. The van der Waals surface area contributed by atoms with Gasteiger partial charge in [-0.05, 0) is 50.7 Å². The largest absolute Gasteiger partial charge is 0.454 e. The molecule has 0 aromatic carbocycles. The molecule has 3 aromatic heterocycles. The third-order valence-corrected chi connectivity index (χ3v) is 5.98. The molecule has 1 aliphatic carbocycles. The van der Waals surface area contributed by atoms with Crippen molar-refractivity contribution in [2.45, 2.75) is 52.0 Å². The van der Waals surface area contributed by atoms with Crippen LogP contribution in [0.2, 0.25) is 5.15 Å². The second-order valence-corrected chi connectivity index (χ2v) is 8.35. The fraction of sp³-hybridized carbons (Fsp3) is 0.500. The summed E-state index contributed by atoms with van der Waals surface area (Å²) in [6.07, 6.45) is 4.84. The summed E-state index contributed by atoms with van der Waals surface area (Å²) in [4.78, 5) is 13.7. The lowest BCUT2D eigenvalue weighted by atomic mass is 10.1. The maximum atomic E-state index is 9.47. The standard InChI is InChI=1S/C22H28ClN5O2/c1-4-5-15-9-14-10-17(30-19(14)12(2)25-15)18-20(23)27-22(24-3)28-21(18)26-16-7-6-13(8-16)11-29/h9-10,13,16,29H,4-8,11H2,1-3H3,(H2,24,26,27,28)/t13-,16+/m1/s1. The first-order valence-corrected chi connectivity index (χ1v) is 10.9. The van der Waals surface area contributed by atoms with Crippen molar-refractivity contribution in [3.8, 4) is 11.3 Å². The Kier molecular flexibility index (Phi) is 6.11. The average Bonchev–Trinajstić information content (AvgIpc) is 3.35. The van der Waals surface area contributed by atoms with E-state index < -0.39 is 0 Å². The van der Waals surface area contributed by atoms with Crippen molar-refractivity contribution in [2.75, 3.05) is 24.3 Å². The molecule has 30 heavy (non-hydrogen) atoms. The molecule has 0 saturated heterocycles. The molecule has 3 aromatic rings. The zero-order valence-corrected chi connectivity index (χ0v) is 18.4. The Morgan fingerprint density at radius 3 is 2.77 bits per heavy atom. The third-order valence-electron chi connectivity index (χ3n) is 5.70. The predicted octanol–water partition coefficient (Wildman–Crippen LogP) is 4.81. The smallest absolute Gasteiger partial charge is 0.225 e. The van der Waals surface area contributed by atoms with E-state index in [-0.39, 0.29) is 12.6 Å². The molecule has 2 atom stereocenters. The molecule has 0 amide bonds. The summed E-state index contributed by atoms with van der Waals surface area (Å²) >= 11 is 6.59. The lowest BCUT2D eigenvalue weighted by Gasteiger charge is -2.17. The fourth-order valence-corrected chi connectivity index (χ4v) is 4.48. The van der Waals surface area contributed by atoms with Crippen LogP contribution in [0, 0.1) is 12.8 Å². The number of fused-ring (bicyclic) bond motifs is 1. The number of anilines is 2. The second-order valence-electron chi connectivity index (χ2n) is 7.99. The van der Waals surface area contributed by atoms with Crippen molar-refractivity contribution >= 4 is 34.3 Å². The Hall–Kier alpha value is -2.38. The van der Waals surface area contributed by atoms with E-state index in [1.54, 1.807) is 7.05 Å². The summed E-state index contributed by atoms with van der Waals surface area (Å²) in [6, 6.07) is 4.29. The van der Waals surface area contributed by atoms with Crippen LogP contribution in [0.1, 0.15) is 44.0 Å². The molecule has 0 aliphatic heterocycles. The fourth-order valence-electron chi connectivity index (χ4n) is 4.21. The quantitative estimate of drug-likeness (QED) is 0.463. The highest BCUT2D eigenvalue weighted by molar-refractivity contribution is 6.32. The predicted molar refractivity (Wildman–Crippen MR) is 120 cm³/mol. The van der Waals surface area contributed by atoms with Crippen molar-refractivity contribution in [1.82, 2.24) is 15.0 Å². The van der Waals surface area contributed by atoms with Gasteiger partial charge in [0.25, 0.3) is 0 Å². The second kappa shape index (κ2) is 8.78. The molecular weight excluding hydrogens is 402 g/mol. The number of halogens is 1. The van der Waals surface area contributed by atoms with Crippen LogP contribution in [0.4, 0.5) is 11.8 Å². The van der Waals surface area contributed by atoms with E-state index in [2.05, 4.69) is 38.6 Å². The Morgan fingerprint density at radius 2 is 2.07 bits per heavy atom. The van der Waals surface area contributed by atoms with E-state index in [1.165, 1.54) is 0 Å². The molecule has 0 unspecified atom stereocenters. The molecule has 3 N–H and O–H groups in total. The van der Waals surface area contributed by atoms with E-state index in [0.29, 0.717) is 34.2 Å². The Morgan fingerprint density at radius 1 is 1.23 bits per heavy atom. The number of aromatic nitrogens is 3. The molecule has 160 valence electrons. The lowest BCUT2D eigenvalue weighted by Crippen LogP contribution is -2.18. The monoisotopic (exact) mass is 429 g/mol. The van der Waals surface area contributed by atoms with Crippen LogP contribution in [0.25, 0.3) is 22.3 Å². The van der Waals surface area contributed by atoms with E-state index in [0.717, 1.165) is 54.5 Å². The number of hydrogen-bond donors (Lipinski definition) is 3. The molecule has 0 radical (unpaired) electrons. The van der Waals surface area contributed by atoms with Crippen LogP contribution in [-0.4, -0.2) is 39.8 Å². The maximum absolute atomic E-state index is 9.47. The van der Waals surface area contributed by atoms with Gasteiger partial charge in [0.1, 0.15) is 16.7 Å².